The van der Waals surface area contributed by atoms with Crippen molar-refractivity contribution in [2.45, 2.75) is 24.9 Å². The number of benzene rings is 1. The van der Waals surface area contributed by atoms with Gasteiger partial charge in [0, 0.05) is 24.2 Å². The van der Waals surface area contributed by atoms with Crippen molar-refractivity contribution in [1.29, 1.82) is 0 Å². The highest BCUT2D eigenvalue weighted by Gasteiger charge is 2.24. The maximum Gasteiger partial charge on any atom is 0.252 e. The zero-order valence-electron chi connectivity index (χ0n) is 16.2. The van der Waals surface area contributed by atoms with Gasteiger partial charge in [0.05, 0.1) is 22.7 Å². The van der Waals surface area contributed by atoms with Gasteiger partial charge in [-0.2, -0.15) is 0 Å². The van der Waals surface area contributed by atoms with Gasteiger partial charge in [0.1, 0.15) is 0 Å². The van der Waals surface area contributed by atoms with E-state index in [-0.39, 0.29) is 34.9 Å². The van der Waals surface area contributed by atoms with Gasteiger partial charge in [0.2, 0.25) is 11.9 Å². The molecule has 9 heteroatoms. The summed E-state index contributed by atoms with van der Waals surface area (Å²) in [5.41, 5.74) is 2.27. The van der Waals surface area contributed by atoms with E-state index in [1.807, 2.05) is 37.3 Å². The van der Waals surface area contributed by atoms with Crippen LogP contribution in [0.1, 0.15) is 29.4 Å². The van der Waals surface area contributed by atoms with Crippen LogP contribution < -0.4 is 10.9 Å². The fourth-order valence-electron chi connectivity index (χ4n) is 3.25. The first kappa shape index (κ1) is 20.0. The van der Waals surface area contributed by atoms with Crippen molar-refractivity contribution in [1.82, 2.24) is 19.9 Å². The number of aromatic amines is 1. The molecule has 152 valence electrons. The van der Waals surface area contributed by atoms with Gasteiger partial charge < -0.3 is 4.98 Å². The normalized spacial score (nSPS) is 15.5. The van der Waals surface area contributed by atoms with E-state index in [0.29, 0.717) is 34.9 Å². The summed E-state index contributed by atoms with van der Waals surface area (Å²) in [4.78, 5) is 51.8. The molecule has 0 spiro atoms. The van der Waals surface area contributed by atoms with Crippen LogP contribution in [0, 0.1) is 5.92 Å². The second-order valence-electron chi connectivity index (χ2n) is 7.13. The van der Waals surface area contributed by atoms with Gasteiger partial charge in [-0.1, -0.05) is 49.0 Å². The van der Waals surface area contributed by atoms with Crippen LogP contribution in [-0.4, -0.2) is 37.4 Å². The molecule has 1 atom stereocenters. The number of fused-ring (bicyclic) bond motifs is 1. The Hall–Kier alpha value is -3.33. The molecular formula is C21H19N5O3S. The summed E-state index contributed by atoms with van der Waals surface area (Å²) >= 11 is 1.11. The molecule has 1 amide bonds. The summed E-state index contributed by atoms with van der Waals surface area (Å²) < 4.78 is 0. The Morgan fingerprint density at radius 2 is 2.00 bits per heavy atom. The molecule has 1 aromatic carbocycles. The van der Waals surface area contributed by atoms with E-state index in [1.54, 1.807) is 0 Å². The van der Waals surface area contributed by atoms with Gasteiger partial charge >= 0.3 is 0 Å². The lowest BCUT2D eigenvalue weighted by molar-refractivity contribution is -0.113. The lowest BCUT2D eigenvalue weighted by Crippen LogP contribution is -2.22. The Kier molecular flexibility index (Phi) is 5.71. The number of rotatable bonds is 5. The summed E-state index contributed by atoms with van der Waals surface area (Å²) in [5.74, 6) is 0.115. The number of nitrogens with one attached hydrogen (secondary N) is 2. The number of thioether (sulfide) groups is 1. The predicted molar refractivity (Wildman–Crippen MR) is 113 cm³/mol. The Labute approximate surface area is 176 Å². The van der Waals surface area contributed by atoms with E-state index >= 15 is 0 Å². The van der Waals surface area contributed by atoms with E-state index in [1.165, 1.54) is 12.3 Å². The average Bonchev–Trinajstić information content (AvgIpc) is 2.72. The molecule has 4 rings (SSSR count). The third kappa shape index (κ3) is 4.62. The highest BCUT2D eigenvalue weighted by Crippen LogP contribution is 2.24. The summed E-state index contributed by atoms with van der Waals surface area (Å²) in [6.45, 7) is 2.00. The van der Waals surface area contributed by atoms with Crippen molar-refractivity contribution < 1.29 is 9.59 Å². The summed E-state index contributed by atoms with van der Waals surface area (Å²) in [6, 6.07) is 10.8. The van der Waals surface area contributed by atoms with Gasteiger partial charge in [-0.3, -0.25) is 19.7 Å². The lowest BCUT2D eigenvalue weighted by atomic mass is 9.88. The number of Topliss-reactive ketones (excluding diaryl/α,β-unsaturated/α-hetero) is 1. The largest absolute Gasteiger partial charge is 0.301 e. The SMILES string of the molecule is C[C@H]1CC(=O)c2cnc(NC(=O)CSc3nc(-c4ccccc4)cc(=O)[nH]3)nc2C1. The van der Waals surface area contributed by atoms with Gasteiger partial charge in [-0.25, -0.2) is 15.0 Å². The van der Waals surface area contributed by atoms with Crippen LogP contribution in [0.15, 0.2) is 52.5 Å². The molecule has 8 nitrogen and oxygen atoms in total. The number of aromatic nitrogens is 4. The van der Waals surface area contributed by atoms with E-state index in [4.69, 9.17) is 0 Å². The minimum Gasteiger partial charge on any atom is -0.301 e. The van der Waals surface area contributed by atoms with Crippen molar-refractivity contribution in [3.8, 4) is 11.3 Å². The number of hydrogen-bond donors (Lipinski definition) is 2. The first-order valence-electron chi connectivity index (χ1n) is 9.46. The molecular weight excluding hydrogens is 402 g/mol. The number of hydrogen-bond acceptors (Lipinski definition) is 7. The number of carbonyl (C=O) groups is 2. The van der Waals surface area contributed by atoms with Crippen molar-refractivity contribution in [2.75, 3.05) is 11.1 Å². The molecule has 0 unspecified atom stereocenters. The molecule has 0 radical (unpaired) electrons. The fourth-order valence-corrected chi connectivity index (χ4v) is 3.93. The van der Waals surface area contributed by atoms with Crippen LogP contribution >= 0.6 is 11.8 Å². The number of nitrogens with zero attached hydrogens (tertiary/aromatic N) is 3. The first-order chi connectivity index (χ1) is 14.5. The molecule has 3 aromatic rings. The molecule has 2 heterocycles. The molecule has 2 N–H and O–H groups in total. The van der Waals surface area contributed by atoms with E-state index in [2.05, 4.69) is 25.3 Å². The van der Waals surface area contributed by atoms with Gasteiger partial charge in [0.25, 0.3) is 5.56 Å². The molecule has 30 heavy (non-hydrogen) atoms. The smallest absolute Gasteiger partial charge is 0.252 e. The third-order valence-electron chi connectivity index (χ3n) is 4.62. The molecule has 1 aliphatic rings. The van der Waals surface area contributed by atoms with Crippen molar-refractivity contribution in [3.05, 3.63) is 64.2 Å². The third-order valence-corrected chi connectivity index (χ3v) is 5.50. The highest BCUT2D eigenvalue weighted by atomic mass is 32.2. The van der Waals surface area contributed by atoms with Crippen LogP contribution in [0.5, 0.6) is 0 Å². The predicted octanol–water partition coefficient (Wildman–Crippen LogP) is 2.72. The Morgan fingerprint density at radius 1 is 1.20 bits per heavy atom. The monoisotopic (exact) mass is 421 g/mol. The van der Waals surface area contributed by atoms with Gasteiger partial charge in [-0.05, 0) is 12.3 Å². The summed E-state index contributed by atoms with van der Waals surface area (Å²) in [7, 11) is 0. The lowest BCUT2D eigenvalue weighted by Gasteiger charge is -2.19. The number of ketones is 1. The van der Waals surface area contributed by atoms with Crippen molar-refractivity contribution in [2.24, 2.45) is 5.92 Å². The molecule has 0 fully saturated rings. The Bertz CT molecular complexity index is 1160. The number of H-pyrrole nitrogens is 1. The Balaban J connectivity index is 1.42. The topological polar surface area (TPSA) is 118 Å². The zero-order valence-corrected chi connectivity index (χ0v) is 17.0. The van der Waals surface area contributed by atoms with Gasteiger partial charge in [-0.15, -0.1) is 0 Å². The zero-order chi connectivity index (χ0) is 21.1. The Morgan fingerprint density at radius 3 is 2.80 bits per heavy atom. The summed E-state index contributed by atoms with van der Waals surface area (Å²) in [6.07, 6.45) is 2.65. The molecule has 0 saturated heterocycles. The minimum atomic E-state index is -0.331. The molecule has 0 saturated carbocycles. The van der Waals surface area contributed by atoms with Crippen LogP contribution in [0.2, 0.25) is 0 Å². The molecule has 2 aromatic heterocycles. The second-order valence-corrected chi connectivity index (χ2v) is 8.09. The van der Waals surface area contributed by atoms with Gasteiger partial charge in [0.15, 0.2) is 10.9 Å². The van der Waals surface area contributed by atoms with Crippen LogP contribution in [-0.2, 0) is 11.2 Å². The maximum absolute atomic E-state index is 12.3. The number of carbonyl (C=O) groups excluding carboxylic acids is 2. The number of anilines is 1. The standard InChI is InChI=1S/C21H19N5O3S/c1-12-7-16-14(17(27)8-12)10-22-20(23-16)25-19(29)11-30-21-24-15(9-18(28)26-21)13-5-3-2-4-6-13/h2-6,9-10,12H,7-8,11H2,1H3,(H,24,26,28)(H,22,23,25,29)/t12-/m1/s1. The highest BCUT2D eigenvalue weighted by molar-refractivity contribution is 7.99. The first-order valence-corrected chi connectivity index (χ1v) is 10.4. The fraction of sp³-hybridized carbons (Fsp3) is 0.238. The number of amides is 1. The minimum absolute atomic E-state index is 0.0248. The average molecular weight is 421 g/mol. The van der Waals surface area contributed by atoms with Crippen molar-refractivity contribution in [3.63, 3.8) is 0 Å². The molecule has 0 aliphatic heterocycles. The summed E-state index contributed by atoms with van der Waals surface area (Å²) in [5, 5.41) is 2.99. The van der Waals surface area contributed by atoms with Crippen LogP contribution in [0.3, 0.4) is 0 Å². The molecule has 1 aliphatic carbocycles. The molecule has 0 bridgehead atoms. The van der Waals surface area contributed by atoms with Crippen LogP contribution in [0.25, 0.3) is 11.3 Å². The van der Waals surface area contributed by atoms with Crippen LogP contribution in [0.4, 0.5) is 5.95 Å². The second kappa shape index (κ2) is 8.58. The van der Waals surface area contributed by atoms with E-state index < -0.39 is 0 Å². The maximum atomic E-state index is 12.3. The van der Waals surface area contributed by atoms with E-state index in [0.717, 1.165) is 17.3 Å². The quantitative estimate of drug-likeness (QED) is 0.480. The van der Waals surface area contributed by atoms with Crippen molar-refractivity contribution >= 4 is 29.4 Å². The van der Waals surface area contributed by atoms with E-state index in [9.17, 15) is 14.4 Å².